The topological polar surface area (TPSA) is 73.7 Å². The van der Waals surface area contributed by atoms with Crippen molar-refractivity contribution in [1.29, 1.82) is 0 Å². The first-order valence-corrected chi connectivity index (χ1v) is 7.80. The van der Waals surface area contributed by atoms with E-state index in [0.717, 1.165) is 11.3 Å². The van der Waals surface area contributed by atoms with Gasteiger partial charge in [-0.05, 0) is 25.1 Å². The number of carbonyl (C=O) groups is 2. The quantitative estimate of drug-likeness (QED) is 0.923. The lowest BCUT2D eigenvalue weighted by molar-refractivity contribution is -0.144. The SMILES string of the molecule is Cc1ccc(N2CCN(C(=O)C(O)c3cccnc3)CC2=O)cc1. The maximum Gasteiger partial charge on any atom is 0.256 e. The molecule has 0 spiro atoms. The molecule has 1 aromatic carbocycles. The van der Waals surface area contributed by atoms with Gasteiger partial charge in [-0.1, -0.05) is 23.8 Å². The first-order valence-electron chi connectivity index (χ1n) is 7.80. The van der Waals surface area contributed by atoms with E-state index in [-0.39, 0.29) is 12.5 Å². The van der Waals surface area contributed by atoms with E-state index in [2.05, 4.69) is 4.98 Å². The van der Waals surface area contributed by atoms with Gasteiger partial charge in [-0.3, -0.25) is 14.6 Å². The Balaban J connectivity index is 1.68. The highest BCUT2D eigenvalue weighted by atomic mass is 16.3. The highest BCUT2D eigenvalue weighted by molar-refractivity contribution is 5.98. The number of amides is 2. The van der Waals surface area contributed by atoms with E-state index in [1.54, 1.807) is 23.2 Å². The highest BCUT2D eigenvalue weighted by Gasteiger charge is 2.31. The zero-order valence-electron chi connectivity index (χ0n) is 13.4. The molecule has 1 unspecified atom stereocenters. The maximum absolute atomic E-state index is 12.4. The number of carbonyl (C=O) groups excluding carboxylic acids is 2. The normalized spacial score (nSPS) is 16.2. The Morgan fingerprint density at radius 3 is 2.58 bits per heavy atom. The van der Waals surface area contributed by atoms with Crippen LogP contribution in [0, 0.1) is 6.92 Å². The minimum Gasteiger partial charge on any atom is -0.378 e. The lowest BCUT2D eigenvalue weighted by atomic mass is 10.1. The second-order valence-corrected chi connectivity index (χ2v) is 5.83. The number of anilines is 1. The number of aliphatic hydroxyl groups excluding tert-OH is 1. The third-order valence-corrected chi connectivity index (χ3v) is 4.11. The number of hydrogen-bond donors (Lipinski definition) is 1. The molecule has 0 bridgehead atoms. The van der Waals surface area contributed by atoms with Crippen LogP contribution < -0.4 is 4.90 Å². The summed E-state index contributed by atoms with van der Waals surface area (Å²) in [5.41, 5.74) is 2.38. The average Bonchev–Trinajstić information content (AvgIpc) is 2.62. The summed E-state index contributed by atoms with van der Waals surface area (Å²) in [4.78, 5) is 31.8. The van der Waals surface area contributed by atoms with Crippen LogP contribution in [0.5, 0.6) is 0 Å². The van der Waals surface area contributed by atoms with E-state index in [1.807, 2.05) is 31.2 Å². The molecule has 1 saturated heterocycles. The minimum absolute atomic E-state index is 0.0377. The lowest BCUT2D eigenvalue weighted by Gasteiger charge is -2.35. The molecule has 0 radical (unpaired) electrons. The summed E-state index contributed by atoms with van der Waals surface area (Å²) in [6.07, 6.45) is 1.73. The van der Waals surface area contributed by atoms with E-state index in [9.17, 15) is 14.7 Å². The number of piperazine rings is 1. The smallest absolute Gasteiger partial charge is 0.256 e. The largest absolute Gasteiger partial charge is 0.378 e. The zero-order valence-corrected chi connectivity index (χ0v) is 13.4. The summed E-state index contributed by atoms with van der Waals surface area (Å²) in [6.45, 7) is 2.75. The number of aromatic nitrogens is 1. The Kier molecular flexibility index (Phi) is 4.57. The van der Waals surface area contributed by atoms with Crippen LogP contribution in [-0.2, 0) is 9.59 Å². The van der Waals surface area contributed by atoms with Crippen molar-refractivity contribution in [3.63, 3.8) is 0 Å². The molecule has 2 aromatic rings. The lowest BCUT2D eigenvalue weighted by Crippen LogP contribution is -2.53. The Hall–Kier alpha value is -2.73. The molecule has 3 rings (SSSR count). The summed E-state index contributed by atoms with van der Waals surface area (Å²) < 4.78 is 0. The molecule has 1 atom stereocenters. The number of aliphatic hydroxyl groups is 1. The molecule has 6 heteroatoms. The first kappa shape index (κ1) is 16.1. The van der Waals surface area contributed by atoms with Crippen molar-refractivity contribution in [3.8, 4) is 0 Å². The van der Waals surface area contributed by atoms with Crippen molar-refractivity contribution >= 4 is 17.5 Å². The Bertz CT molecular complexity index is 731. The van der Waals surface area contributed by atoms with Crippen LogP contribution in [0.4, 0.5) is 5.69 Å². The third-order valence-electron chi connectivity index (χ3n) is 4.11. The molecule has 2 amide bonds. The van der Waals surface area contributed by atoms with Gasteiger partial charge in [0.2, 0.25) is 5.91 Å². The molecule has 1 aliphatic heterocycles. The fourth-order valence-corrected chi connectivity index (χ4v) is 2.71. The van der Waals surface area contributed by atoms with Crippen molar-refractivity contribution in [3.05, 3.63) is 59.9 Å². The molecule has 1 fully saturated rings. The number of pyridine rings is 1. The average molecular weight is 325 g/mol. The van der Waals surface area contributed by atoms with Crippen molar-refractivity contribution in [2.75, 3.05) is 24.5 Å². The predicted molar refractivity (Wildman–Crippen MR) is 89.3 cm³/mol. The van der Waals surface area contributed by atoms with Gasteiger partial charge in [0.05, 0.1) is 0 Å². The molecule has 1 aromatic heterocycles. The summed E-state index contributed by atoms with van der Waals surface area (Å²) in [5, 5.41) is 10.2. The fraction of sp³-hybridized carbons (Fsp3) is 0.278. The van der Waals surface area contributed by atoms with E-state index >= 15 is 0 Å². The maximum atomic E-state index is 12.4. The molecular weight excluding hydrogens is 306 g/mol. The number of rotatable bonds is 3. The molecular formula is C18H19N3O3. The van der Waals surface area contributed by atoms with Gasteiger partial charge in [-0.2, -0.15) is 0 Å². The standard InChI is InChI=1S/C18H19N3O3/c1-13-4-6-15(7-5-13)21-10-9-20(12-16(21)22)18(24)17(23)14-3-2-8-19-11-14/h2-8,11,17,23H,9-10,12H2,1H3. The predicted octanol–water partition coefficient (Wildman–Crippen LogP) is 1.30. The van der Waals surface area contributed by atoms with Crippen LogP contribution in [0.25, 0.3) is 0 Å². The third kappa shape index (κ3) is 3.28. The molecule has 0 aliphatic carbocycles. The highest BCUT2D eigenvalue weighted by Crippen LogP contribution is 2.20. The minimum atomic E-state index is -1.29. The number of aryl methyl sites for hydroxylation is 1. The second-order valence-electron chi connectivity index (χ2n) is 5.83. The summed E-state index contributed by atoms with van der Waals surface area (Å²) in [5.74, 6) is -0.628. The van der Waals surface area contributed by atoms with E-state index in [1.165, 1.54) is 11.1 Å². The molecule has 24 heavy (non-hydrogen) atoms. The van der Waals surface area contributed by atoms with Crippen LogP contribution in [0.15, 0.2) is 48.8 Å². The van der Waals surface area contributed by atoms with Crippen molar-refractivity contribution < 1.29 is 14.7 Å². The van der Waals surface area contributed by atoms with Crippen LogP contribution in [-0.4, -0.2) is 46.4 Å². The van der Waals surface area contributed by atoms with Gasteiger partial charge in [0.1, 0.15) is 6.54 Å². The van der Waals surface area contributed by atoms with Crippen LogP contribution in [0.1, 0.15) is 17.2 Å². The van der Waals surface area contributed by atoms with Gasteiger partial charge >= 0.3 is 0 Å². The summed E-state index contributed by atoms with van der Waals surface area (Å²) in [6, 6.07) is 11.0. The van der Waals surface area contributed by atoms with Gasteiger partial charge in [-0.15, -0.1) is 0 Å². The summed E-state index contributed by atoms with van der Waals surface area (Å²) >= 11 is 0. The molecule has 1 aliphatic rings. The van der Waals surface area contributed by atoms with Crippen molar-refractivity contribution in [2.45, 2.75) is 13.0 Å². The first-order chi connectivity index (χ1) is 11.6. The molecule has 1 N–H and O–H groups in total. The van der Waals surface area contributed by atoms with E-state index in [4.69, 9.17) is 0 Å². The van der Waals surface area contributed by atoms with Crippen molar-refractivity contribution in [1.82, 2.24) is 9.88 Å². The van der Waals surface area contributed by atoms with Gasteiger partial charge in [0, 0.05) is 36.7 Å². The van der Waals surface area contributed by atoms with E-state index in [0.29, 0.717) is 18.7 Å². The van der Waals surface area contributed by atoms with Crippen LogP contribution >= 0.6 is 0 Å². The van der Waals surface area contributed by atoms with Crippen LogP contribution in [0.3, 0.4) is 0 Å². The van der Waals surface area contributed by atoms with E-state index < -0.39 is 12.0 Å². The number of hydrogen-bond acceptors (Lipinski definition) is 4. The Morgan fingerprint density at radius 2 is 1.96 bits per heavy atom. The Labute approximate surface area is 140 Å². The molecule has 124 valence electrons. The number of benzene rings is 1. The van der Waals surface area contributed by atoms with Crippen molar-refractivity contribution in [2.24, 2.45) is 0 Å². The molecule has 6 nitrogen and oxygen atoms in total. The molecule has 2 heterocycles. The monoisotopic (exact) mass is 325 g/mol. The number of nitrogens with zero attached hydrogens (tertiary/aromatic N) is 3. The van der Waals surface area contributed by atoms with Gasteiger partial charge in [0.15, 0.2) is 6.10 Å². The summed E-state index contributed by atoms with van der Waals surface area (Å²) in [7, 11) is 0. The van der Waals surface area contributed by atoms with Gasteiger partial charge in [0.25, 0.3) is 5.91 Å². The van der Waals surface area contributed by atoms with Gasteiger partial charge in [-0.25, -0.2) is 0 Å². The molecule has 0 saturated carbocycles. The van der Waals surface area contributed by atoms with Gasteiger partial charge < -0.3 is 14.9 Å². The fourth-order valence-electron chi connectivity index (χ4n) is 2.71. The second kappa shape index (κ2) is 6.80. The Morgan fingerprint density at radius 1 is 1.21 bits per heavy atom. The van der Waals surface area contributed by atoms with Crippen LogP contribution in [0.2, 0.25) is 0 Å². The zero-order chi connectivity index (χ0) is 17.1.